The number of benzene rings is 2. The molecule has 0 aliphatic carbocycles. The van der Waals surface area contributed by atoms with E-state index >= 15 is 0 Å². The van der Waals surface area contributed by atoms with Crippen LogP contribution in [0.1, 0.15) is 21.6 Å². The van der Waals surface area contributed by atoms with Crippen molar-refractivity contribution in [2.24, 2.45) is 0 Å². The van der Waals surface area contributed by atoms with Crippen LogP contribution in [0.25, 0.3) is 0 Å². The second-order valence-corrected chi connectivity index (χ2v) is 8.48. The number of rotatable bonds is 10. The van der Waals surface area contributed by atoms with Gasteiger partial charge in [-0.3, -0.25) is 14.7 Å². The van der Waals surface area contributed by atoms with Crippen LogP contribution >= 0.6 is 0 Å². The molecular weight excluding hydrogens is 474 g/mol. The van der Waals surface area contributed by atoms with Gasteiger partial charge in [0.05, 0.1) is 38.7 Å². The van der Waals surface area contributed by atoms with Gasteiger partial charge in [-0.25, -0.2) is 0 Å². The predicted molar refractivity (Wildman–Crippen MR) is 142 cm³/mol. The fourth-order valence-corrected chi connectivity index (χ4v) is 4.06. The van der Waals surface area contributed by atoms with Crippen LogP contribution in [0.3, 0.4) is 0 Å². The van der Waals surface area contributed by atoms with E-state index in [2.05, 4.69) is 32.3 Å². The fourth-order valence-electron chi connectivity index (χ4n) is 4.06. The molecule has 0 unspecified atom stereocenters. The first kappa shape index (κ1) is 25.8. The Morgan fingerprint density at radius 3 is 2.46 bits per heavy atom. The molecule has 1 aliphatic rings. The molecule has 4 rings (SSSR count). The fraction of sp³-hybridized carbons (Fsp3) is 0.296. The number of nitrogens with one attached hydrogen (secondary N) is 3. The van der Waals surface area contributed by atoms with Crippen LogP contribution in [-0.2, 0) is 22.4 Å². The molecule has 2 amide bonds. The summed E-state index contributed by atoms with van der Waals surface area (Å²) in [4.78, 5) is 27.3. The van der Waals surface area contributed by atoms with E-state index in [4.69, 9.17) is 14.2 Å². The lowest BCUT2D eigenvalue weighted by molar-refractivity contribution is -0.111. The zero-order chi connectivity index (χ0) is 26.2. The monoisotopic (exact) mass is 505 g/mol. The van der Waals surface area contributed by atoms with E-state index in [1.54, 1.807) is 32.4 Å². The number of nitrogens with zero attached hydrogens (tertiary/aromatic N) is 2. The Kier molecular flexibility index (Phi) is 8.42. The van der Waals surface area contributed by atoms with Crippen LogP contribution in [0, 0.1) is 0 Å². The van der Waals surface area contributed by atoms with E-state index in [1.165, 1.54) is 6.08 Å². The molecule has 3 N–H and O–H groups in total. The third-order valence-corrected chi connectivity index (χ3v) is 6.03. The quantitative estimate of drug-likeness (QED) is 0.361. The van der Waals surface area contributed by atoms with Gasteiger partial charge in [0.15, 0.2) is 5.82 Å². The van der Waals surface area contributed by atoms with Crippen molar-refractivity contribution in [1.82, 2.24) is 10.2 Å². The van der Waals surface area contributed by atoms with Gasteiger partial charge in [-0.05, 0) is 54.8 Å². The molecule has 0 atom stereocenters. The SMILES string of the molecule is C=CC(=O)Nc1cc(N2CCOCC2)ccc1C(=O)Nc1cc(CCc2cc(OC)cc(OC)c2)[nH]n1. The van der Waals surface area contributed by atoms with Crippen molar-refractivity contribution in [3.63, 3.8) is 0 Å². The highest BCUT2D eigenvalue weighted by Crippen LogP contribution is 2.26. The van der Waals surface area contributed by atoms with Crippen LogP contribution in [0.15, 0.2) is 55.1 Å². The first-order valence-corrected chi connectivity index (χ1v) is 12.0. The van der Waals surface area contributed by atoms with Gasteiger partial charge in [0.1, 0.15) is 11.5 Å². The van der Waals surface area contributed by atoms with Gasteiger partial charge >= 0.3 is 0 Å². The number of ether oxygens (including phenoxy) is 3. The lowest BCUT2D eigenvalue weighted by Gasteiger charge is -2.29. The molecule has 3 aromatic rings. The zero-order valence-corrected chi connectivity index (χ0v) is 21.0. The van der Waals surface area contributed by atoms with Crippen molar-refractivity contribution in [2.45, 2.75) is 12.8 Å². The van der Waals surface area contributed by atoms with E-state index < -0.39 is 5.91 Å². The highest BCUT2D eigenvalue weighted by atomic mass is 16.5. The van der Waals surface area contributed by atoms with Crippen molar-refractivity contribution in [1.29, 1.82) is 0 Å². The van der Waals surface area contributed by atoms with Gasteiger partial charge in [-0.1, -0.05) is 6.58 Å². The van der Waals surface area contributed by atoms with Crippen LogP contribution in [0.5, 0.6) is 11.5 Å². The topological polar surface area (TPSA) is 118 Å². The Morgan fingerprint density at radius 1 is 1.05 bits per heavy atom. The maximum absolute atomic E-state index is 13.1. The molecule has 10 nitrogen and oxygen atoms in total. The second kappa shape index (κ2) is 12.1. The Balaban J connectivity index is 1.45. The summed E-state index contributed by atoms with van der Waals surface area (Å²) in [6.07, 6.45) is 2.57. The molecule has 1 aromatic heterocycles. The minimum absolute atomic E-state index is 0.320. The number of hydrogen-bond donors (Lipinski definition) is 3. The third kappa shape index (κ3) is 6.68. The number of methoxy groups -OCH3 is 2. The smallest absolute Gasteiger partial charge is 0.258 e. The Morgan fingerprint density at radius 2 is 1.78 bits per heavy atom. The predicted octanol–water partition coefficient (Wildman–Crippen LogP) is 3.43. The number of anilines is 3. The van der Waals surface area contributed by atoms with Crippen LogP contribution < -0.4 is 25.0 Å². The molecular formula is C27H31N5O5. The summed E-state index contributed by atoms with van der Waals surface area (Å²) < 4.78 is 16.1. The van der Waals surface area contributed by atoms with E-state index in [9.17, 15) is 9.59 Å². The normalized spacial score (nSPS) is 13.1. The summed E-state index contributed by atoms with van der Waals surface area (Å²) in [7, 11) is 3.24. The molecule has 194 valence electrons. The standard InChI is InChI=1S/C27H31N5O5/c1-4-26(33)28-24-16-20(32-9-11-37-12-10-32)7-8-23(24)27(34)29-25-15-19(30-31-25)6-5-18-13-21(35-2)17-22(14-18)36-3/h4,7-8,13-17H,1,5-6,9-12H2,2-3H3,(H,28,33)(H2,29,30,31,34). The maximum Gasteiger partial charge on any atom is 0.258 e. The number of aromatic nitrogens is 2. The van der Waals surface area contributed by atoms with Gasteiger partial charge in [-0.15, -0.1) is 0 Å². The molecule has 2 heterocycles. The number of aromatic amines is 1. The average molecular weight is 506 g/mol. The van der Waals surface area contributed by atoms with Crippen LogP contribution in [-0.4, -0.2) is 62.5 Å². The van der Waals surface area contributed by atoms with E-state index in [1.807, 2.05) is 24.3 Å². The number of hydrogen-bond acceptors (Lipinski definition) is 7. The number of carbonyl (C=O) groups excluding carboxylic acids is 2. The number of H-pyrrole nitrogens is 1. The molecule has 1 fully saturated rings. The molecule has 0 saturated carbocycles. The third-order valence-electron chi connectivity index (χ3n) is 6.03. The molecule has 0 bridgehead atoms. The minimum Gasteiger partial charge on any atom is -0.497 e. The maximum atomic E-state index is 13.1. The van der Waals surface area contributed by atoms with Crippen molar-refractivity contribution >= 4 is 29.0 Å². The summed E-state index contributed by atoms with van der Waals surface area (Å²) in [5, 5.41) is 12.8. The molecule has 2 aromatic carbocycles. The van der Waals surface area contributed by atoms with Crippen LogP contribution in [0.2, 0.25) is 0 Å². The molecule has 0 radical (unpaired) electrons. The van der Waals surface area contributed by atoms with E-state index in [-0.39, 0.29) is 5.91 Å². The van der Waals surface area contributed by atoms with Gasteiger partial charge in [0.2, 0.25) is 5.91 Å². The first-order chi connectivity index (χ1) is 18.0. The molecule has 10 heteroatoms. The highest BCUT2D eigenvalue weighted by Gasteiger charge is 2.18. The first-order valence-electron chi connectivity index (χ1n) is 12.0. The van der Waals surface area contributed by atoms with E-state index in [0.29, 0.717) is 36.7 Å². The summed E-state index contributed by atoms with van der Waals surface area (Å²) in [6.45, 7) is 6.23. The Bertz CT molecular complexity index is 1240. The van der Waals surface area contributed by atoms with Gasteiger partial charge in [-0.2, -0.15) is 5.10 Å². The Labute approximate surface area is 215 Å². The van der Waals surface area contributed by atoms with Gasteiger partial charge in [0.25, 0.3) is 5.91 Å². The van der Waals surface area contributed by atoms with Crippen LogP contribution in [0.4, 0.5) is 17.2 Å². The Hall–Kier alpha value is -4.31. The summed E-state index contributed by atoms with van der Waals surface area (Å²) in [5.74, 6) is 1.06. The average Bonchev–Trinajstić information content (AvgIpc) is 3.39. The molecule has 1 saturated heterocycles. The number of carbonyl (C=O) groups is 2. The number of aryl methyl sites for hydroxylation is 2. The summed E-state index contributed by atoms with van der Waals surface area (Å²) in [6, 6.07) is 12.9. The minimum atomic E-state index is -0.399. The molecule has 37 heavy (non-hydrogen) atoms. The number of morpholine rings is 1. The van der Waals surface area contributed by atoms with Crippen molar-refractivity contribution in [2.75, 3.05) is 56.1 Å². The van der Waals surface area contributed by atoms with E-state index in [0.717, 1.165) is 48.0 Å². The zero-order valence-electron chi connectivity index (χ0n) is 21.0. The van der Waals surface area contributed by atoms with Crippen molar-refractivity contribution in [3.05, 3.63) is 71.9 Å². The lowest BCUT2D eigenvalue weighted by Crippen LogP contribution is -2.36. The molecule has 0 spiro atoms. The summed E-state index contributed by atoms with van der Waals surface area (Å²) >= 11 is 0. The highest BCUT2D eigenvalue weighted by molar-refractivity contribution is 6.11. The van der Waals surface area contributed by atoms with Crippen molar-refractivity contribution < 1.29 is 23.8 Å². The largest absolute Gasteiger partial charge is 0.497 e. The summed E-state index contributed by atoms with van der Waals surface area (Å²) in [5.41, 5.74) is 3.53. The second-order valence-electron chi connectivity index (χ2n) is 8.48. The van der Waals surface area contributed by atoms with Gasteiger partial charge < -0.3 is 29.7 Å². The lowest BCUT2D eigenvalue weighted by atomic mass is 10.1. The van der Waals surface area contributed by atoms with Crippen molar-refractivity contribution in [3.8, 4) is 11.5 Å². The molecule has 1 aliphatic heterocycles. The van der Waals surface area contributed by atoms with Gasteiger partial charge in [0, 0.05) is 36.6 Å². The number of amides is 2.